The Balaban J connectivity index is 2.13. The molecule has 5 heteroatoms. The summed E-state index contributed by atoms with van der Waals surface area (Å²) in [6.45, 7) is 7.74. The first-order chi connectivity index (χ1) is 10.3. The molecule has 0 radical (unpaired) electrons. The van der Waals surface area contributed by atoms with E-state index in [9.17, 15) is 4.57 Å². The van der Waals surface area contributed by atoms with Crippen LogP contribution in [-0.4, -0.2) is 6.66 Å². The number of halogens is 1. The quantitative estimate of drug-likeness (QED) is 0.671. The summed E-state index contributed by atoms with van der Waals surface area (Å²) in [4.78, 5) is 0. The van der Waals surface area contributed by atoms with Gasteiger partial charge in [0.05, 0.1) is 0 Å². The summed E-state index contributed by atoms with van der Waals surface area (Å²) < 4.78 is 18.3. The highest BCUT2D eigenvalue weighted by Gasteiger charge is 2.18. The van der Waals surface area contributed by atoms with Crippen LogP contribution in [0.5, 0.6) is 5.75 Å². The Kier molecular flexibility index (Phi) is 5.20. The van der Waals surface area contributed by atoms with Gasteiger partial charge in [0.1, 0.15) is 5.75 Å². The lowest BCUT2D eigenvalue weighted by molar-refractivity contribution is 0.493. The summed E-state index contributed by atoms with van der Waals surface area (Å²) in [6.07, 6.45) is 0. The zero-order chi connectivity index (χ0) is 16.3. The molecule has 0 saturated heterocycles. The molecular formula is C17H21ClNO2P. The van der Waals surface area contributed by atoms with Crippen LogP contribution >= 0.6 is 19.1 Å². The van der Waals surface area contributed by atoms with Crippen molar-refractivity contribution >= 4 is 24.8 Å². The van der Waals surface area contributed by atoms with E-state index in [-0.39, 0.29) is 0 Å². The second-order valence-electron chi connectivity index (χ2n) is 5.73. The maximum Gasteiger partial charge on any atom is 0.338 e. The van der Waals surface area contributed by atoms with E-state index in [0.29, 0.717) is 16.7 Å². The van der Waals surface area contributed by atoms with Crippen molar-refractivity contribution in [3.05, 3.63) is 58.6 Å². The fraction of sp³-hybridized carbons (Fsp3) is 0.294. The molecule has 0 aromatic heterocycles. The molecule has 0 saturated carbocycles. The molecule has 1 unspecified atom stereocenters. The van der Waals surface area contributed by atoms with E-state index >= 15 is 0 Å². The molecule has 0 amide bonds. The molecule has 1 N–H and O–H groups in total. The van der Waals surface area contributed by atoms with Crippen LogP contribution in [0.1, 0.15) is 30.9 Å². The molecule has 0 aliphatic carbocycles. The lowest BCUT2D eigenvalue weighted by Gasteiger charge is -2.19. The minimum Gasteiger partial charge on any atom is -0.429 e. The lowest BCUT2D eigenvalue weighted by atomic mass is 10.0. The summed E-state index contributed by atoms with van der Waals surface area (Å²) in [5, 5.41) is 3.55. The molecule has 0 heterocycles. The highest BCUT2D eigenvalue weighted by molar-refractivity contribution is 7.60. The predicted octanol–water partition coefficient (Wildman–Crippen LogP) is 6.09. The first-order valence-electron chi connectivity index (χ1n) is 7.18. The molecular weight excluding hydrogens is 317 g/mol. The molecule has 118 valence electrons. The second-order valence-corrected chi connectivity index (χ2v) is 8.27. The Bertz CT molecular complexity index is 698. The van der Waals surface area contributed by atoms with E-state index in [4.69, 9.17) is 16.1 Å². The monoisotopic (exact) mass is 337 g/mol. The Labute approximate surface area is 137 Å². The van der Waals surface area contributed by atoms with Gasteiger partial charge in [0.25, 0.3) is 0 Å². The van der Waals surface area contributed by atoms with Crippen molar-refractivity contribution in [2.45, 2.75) is 26.7 Å². The van der Waals surface area contributed by atoms with Gasteiger partial charge in [-0.25, -0.2) is 0 Å². The third-order valence-electron chi connectivity index (χ3n) is 3.35. The van der Waals surface area contributed by atoms with E-state index in [0.717, 1.165) is 11.3 Å². The zero-order valence-electron chi connectivity index (χ0n) is 13.3. The fourth-order valence-corrected chi connectivity index (χ4v) is 3.49. The molecule has 1 atom stereocenters. The van der Waals surface area contributed by atoms with Gasteiger partial charge in [-0.3, -0.25) is 4.57 Å². The Hall–Kier alpha value is -1.44. The van der Waals surface area contributed by atoms with E-state index in [2.05, 4.69) is 18.9 Å². The van der Waals surface area contributed by atoms with Gasteiger partial charge in [0.2, 0.25) is 0 Å². The number of anilines is 1. The number of nitrogens with one attached hydrogen (secondary N) is 1. The average molecular weight is 338 g/mol. The number of hydrogen-bond acceptors (Lipinski definition) is 2. The van der Waals surface area contributed by atoms with Gasteiger partial charge in [-0.15, -0.1) is 0 Å². The Morgan fingerprint density at radius 3 is 2.36 bits per heavy atom. The van der Waals surface area contributed by atoms with E-state index in [1.165, 1.54) is 5.56 Å². The van der Waals surface area contributed by atoms with Crippen LogP contribution in [0.15, 0.2) is 42.5 Å². The summed E-state index contributed by atoms with van der Waals surface area (Å²) >= 11 is 5.98. The highest BCUT2D eigenvalue weighted by atomic mass is 35.5. The van der Waals surface area contributed by atoms with Gasteiger partial charge in [-0.2, -0.15) is 0 Å². The van der Waals surface area contributed by atoms with E-state index in [1.807, 2.05) is 37.3 Å². The van der Waals surface area contributed by atoms with E-state index < -0.39 is 7.52 Å². The van der Waals surface area contributed by atoms with Gasteiger partial charge in [-0.05, 0) is 48.2 Å². The van der Waals surface area contributed by atoms with Crippen LogP contribution in [0.2, 0.25) is 5.02 Å². The van der Waals surface area contributed by atoms with Crippen molar-refractivity contribution in [2.75, 3.05) is 11.8 Å². The van der Waals surface area contributed by atoms with Crippen LogP contribution in [0, 0.1) is 6.92 Å². The molecule has 0 bridgehead atoms. The van der Waals surface area contributed by atoms with Crippen LogP contribution in [0.25, 0.3) is 0 Å². The topological polar surface area (TPSA) is 38.3 Å². The van der Waals surface area contributed by atoms with Gasteiger partial charge < -0.3 is 9.61 Å². The molecule has 0 spiro atoms. The minimum atomic E-state index is -3.03. The van der Waals surface area contributed by atoms with Crippen molar-refractivity contribution in [1.29, 1.82) is 0 Å². The fourth-order valence-electron chi connectivity index (χ4n) is 2.07. The minimum absolute atomic E-state index is 0.453. The largest absolute Gasteiger partial charge is 0.429 e. The van der Waals surface area contributed by atoms with E-state index in [1.54, 1.807) is 18.8 Å². The van der Waals surface area contributed by atoms with Crippen molar-refractivity contribution < 1.29 is 9.09 Å². The van der Waals surface area contributed by atoms with Crippen molar-refractivity contribution in [1.82, 2.24) is 0 Å². The number of benzene rings is 2. The van der Waals surface area contributed by atoms with Crippen LogP contribution in [0.3, 0.4) is 0 Å². The summed E-state index contributed by atoms with van der Waals surface area (Å²) in [5.74, 6) is 1.04. The molecule has 22 heavy (non-hydrogen) atoms. The van der Waals surface area contributed by atoms with Crippen LogP contribution in [0.4, 0.5) is 5.69 Å². The van der Waals surface area contributed by atoms with Crippen molar-refractivity contribution in [3.8, 4) is 5.75 Å². The maximum absolute atomic E-state index is 12.7. The molecule has 0 fully saturated rings. The first-order valence-corrected chi connectivity index (χ1v) is 9.63. The smallest absolute Gasteiger partial charge is 0.338 e. The van der Waals surface area contributed by atoms with Gasteiger partial charge in [0, 0.05) is 17.4 Å². The Morgan fingerprint density at radius 1 is 1.14 bits per heavy atom. The first kappa shape index (κ1) is 16.9. The lowest BCUT2D eigenvalue weighted by Crippen LogP contribution is -2.03. The molecule has 2 aromatic carbocycles. The molecule has 3 nitrogen and oxygen atoms in total. The van der Waals surface area contributed by atoms with Crippen molar-refractivity contribution in [2.24, 2.45) is 0 Å². The van der Waals surface area contributed by atoms with Crippen molar-refractivity contribution in [3.63, 3.8) is 0 Å². The normalized spacial score (nSPS) is 13.7. The Morgan fingerprint density at radius 2 is 1.77 bits per heavy atom. The van der Waals surface area contributed by atoms with Gasteiger partial charge in [0.15, 0.2) is 0 Å². The summed E-state index contributed by atoms with van der Waals surface area (Å²) in [6, 6.07) is 13.1. The molecule has 2 aromatic rings. The predicted molar refractivity (Wildman–Crippen MR) is 94.5 cm³/mol. The summed E-state index contributed by atoms with van der Waals surface area (Å²) in [5.41, 5.74) is 2.90. The molecule has 0 aliphatic heterocycles. The van der Waals surface area contributed by atoms with Crippen LogP contribution < -0.4 is 9.61 Å². The summed E-state index contributed by atoms with van der Waals surface area (Å²) in [7, 11) is -3.03. The number of aryl methyl sites for hydroxylation is 1. The standard InChI is InChI=1S/C17H21ClNO2P/c1-12(2)14-6-9-16(10-7-14)21-22(4,20)19-17-11-15(18)8-5-13(17)3/h5-12H,1-4H3,(H,19,20). The third kappa shape index (κ3) is 4.53. The maximum atomic E-state index is 12.7. The number of rotatable bonds is 5. The SMILES string of the molecule is Cc1ccc(Cl)cc1NP(C)(=O)Oc1ccc(C(C)C)cc1. The third-order valence-corrected chi connectivity index (χ3v) is 4.79. The van der Waals surface area contributed by atoms with Gasteiger partial charge in [-0.1, -0.05) is 43.6 Å². The van der Waals surface area contributed by atoms with Gasteiger partial charge >= 0.3 is 7.52 Å². The average Bonchev–Trinajstić information content (AvgIpc) is 2.42. The second kappa shape index (κ2) is 6.76. The zero-order valence-corrected chi connectivity index (χ0v) is 14.9. The molecule has 2 rings (SSSR count). The number of hydrogen-bond donors (Lipinski definition) is 1. The highest BCUT2D eigenvalue weighted by Crippen LogP contribution is 2.44. The van der Waals surface area contributed by atoms with Crippen LogP contribution in [-0.2, 0) is 4.57 Å². The molecule has 0 aliphatic rings.